The van der Waals surface area contributed by atoms with E-state index in [0.717, 1.165) is 37.8 Å². The molecule has 2 atom stereocenters. The van der Waals surface area contributed by atoms with Crippen LogP contribution >= 0.6 is 0 Å². The summed E-state index contributed by atoms with van der Waals surface area (Å²) in [7, 11) is 0. The Labute approximate surface area is 159 Å². The van der Waals surface area contributed by atoms with Crippen LogP contribution in [0.25, 0.3) is 0 Å². The lowest BCUT2D eigenvalue weighted by Crippen LogP contribution is -2.44. The number of carbonyl (C=O) groups is 2. The molecule has 0 radical (unpaired) electrons. The van der Waals surface area contributed by atoms with Crippen LogP contribution in [0.5, 0.6) is 0 Å². The van der Waals surface area contributed by atoms with Gasteiger partial charge in [-0.2, -0.15) is 0 Å². The third kappa shape index (κ3) is 4.00. The van der Waals surface area contributed by atoms with Crippen molar-refractivity contribution in [1.29, 1.82) is 0 Å². The fourth-order valence-corrected chi connectivity index (χ4v) is 4.76. The van der Waals surface area contributed by atoms with Gasteiger partial charge in [0.2, 0.25) is 11.8 Å². The van der Waals surface area contributed by atoms with Crippen LogP contribution in [0.4, 0.5) is 4.39 Å². The van der Waals surface area contributed by atoms with E-state index in [1.807, 2.05) is 15.9 Å². The summed E-state index contributed by atoms with van der Waals surface area (Å²) >= 11 is 0. The van der Waals surface area contributed by atoms with E-state index in [9.17, 15) is 14.0 Å². The molecule has 0 unspecified atom stereocenters. The zero-order valence-electron chi connectivity index (χ0n) is 15.6. The maximum atomic E-state index is 13.6. The molecule has 2 amide bonds. The number of ether oxygens (including phenoxy) is 1. The molecule has 4 rings (SSSR count). The number of amides is 2. The van der Waals surface area contributed by atoms with E-state index in [1.54, 1.807) is 6.07 Å². The Kier molecular flexibility index (Phi) is 5.43. The summed E-state index contributed by atoms with van der Waals surface area (Å²) in [6.45, 7) is 3.05. The summed E-state index contributed by atoms with van der Waals surface area (Å²) in [6, 6.07) is 6.48. The summed E-state index contributed by atoms with van der Waals surface area (Å²) in [5.41, 5.74) is 0.804. The van der Waals surface area contributed by atoms with Crippen LogP contribution in [0, 0.1) is 17.7 Å². The lowest BCUT2D eigenvalue weighted by atomic mass is 9.98. The highest BCUT2D eigenvalue weighted by atomic mass is 19.1. The maximum absolute atomic E-state index is 13.6. The zero-order chi connectivity index (χ0) is 18.8. The van der Waals surface area contributed by atoms with Gasteiger partial charge in [0.25, 0.3) is 0 Å². The first kappa shape index (κ1) is 18.4. The molecule has 1 aromatic carbocycles. The normalized spacial score (nSPS) is 26.8. The molecule has 6 heteroatoms. The van der Waals surface area contributed by atoms with Crippen molar-refractivity contribution in [2.45, 2.75) is 44.7 Å². The molecule has 0 spiro atoms. The second-order valence-corrected chi connectivity index (χ2v) is 8.00. The molecule has 1 aromatic rings. The van der Waals surface area contributed by atoms with E-state index in [0.29, 0.717) is 38.6 Å². The van der Waals surface area contributed by atoms with Gasteiger partial charge in [0.1, 0.15) is 5.82 Å². The van der Waals surface area contributed by atoms with Crippen LogP contribution in [0.2, 0.25) is 0 Å². The molecule has 0 aromatic heterocycles. The third-order valence-electron chi connectivity index (χ3n) is 6.22. The molecule has 3 aliphatic heterocycles. The van der Waals surface area contributed by atoms with E-state index in [2.05, 4.69) is 0 Å². The molecule has 3 aliphatic rings. The van der Waals surface area contributed by atoms with Crippen LogP contribution in [0.15, 0.2) is 24.3 Å². The predicted molar refractivity (Wildman–Crippen MR) is 98.2 cm³/mol. The first-order chi connectivity index (χ1) is 13.1. The Morgan fingerprint density at radius 1 is 1.19 bits per heavy atom. The Balaban J connectivity index is 1.49. The van der Waals surface area contributed by atoms with Gasteiger partial charge in [-0.15, -0.1) is 0 Å². The van der Waals surface area contributed by atoms with E-state index in [1.165, 1.54) is 12.1 Å². The summed E-state index contributed by atoms with van der Waals surface area (Å²) < 4.78 is 19.0. The number of rotatable bonds is 3. The van der Waals surface area contributed by atoms with Crippen molar-refractivity contribution in [3.05, 3.63) is 35.6 Å². The number of benzene rings is 1. The van der Waals surface area contributed by atoms with Gasteiger partial charge in [-0.3, -0.25) is 9.59 Å². The van der Waals surface area contributed by atoms with Crippen molar-refractivity contribution in [1.82, 2.24) is 9.80 Å². The fraction of sp³-hybridized carbons (Fsp3) is 0.619. The number of halogens is 1. The monoisotopic (exact) mass is 374 g/mol. The maximum Gasteiger partial charge on any atom is 0.225 e. The van der Waals surface area contributed by atoms with E-state index >= 15 is 0 Å². The lowest BCUT2D eigenvalue weighted by Gasteiger charge is -2.31. The number of nitrogens with zero attached hydrogens (tertiary/aromatic N) is 2. The number of hydrogen-bond donors (Lipinski definition) is 0. The summed E-state index contributed by atoms with van der Waals surface area (Å²) in [5.74, 6) is 0.410. The minimum absolute atomic E-state index is 0.0343. The molecule has 27 heavy (non-hydrogen) atoms. The quantitative estimate of drug-likeness (QED) is 0.817. The molecule has 0 bridgehead atoms. The highest BCUT2D eigenvalue weighted by Gasteiger charge is 2.43. The molecular weight excluding hydrogens is 347 g/mol. The molecule has 0 N–H and O–H groups in total. The standard InChI is InChI=1S/C21H27FN2O3/c22-18-5-1-3-15(11-18)12-24-19-14-23(13-17(19)4-2-6-20(24)25)21(26)16-7-9-27-10-8-16/h1,3,5,11,16-17,19H,2,4,6-10,12-14H2/t17-,19+/m1/s1. The van der Waals surface area contributed by atoms with Crippen molar-refractivity contribution in [2.75, 3.05) is 26.3 Å². The molecule has 0 saturated carbocycles. The Morgan fingerprint density at radius 3 is 2.78 bits per heavy atom. The molecule has 146 valence electrons. The second kappa shape index (κ2) is 7.97. The van der Waals surface area contributed by atoms with Gasteiger partial charge in [0, 0.05) is 45.2 Å². The second-order valence-electron chi connectivity index (χ2n) is 8.00. The Hall–Kier alpha value is -1.95. The van der Waals surface area contributed by atoms with Gasteiger partial charge in [-0.05, 0) is 49.3 Å². The molecule has 3 fully saturated rings. The number of fused-ring (bicyclic) bond motifs is 1. The summed E-state index contributed by atoms with van der Waals surface area (Å²) in [6.07, 6.45) is 3.94. The third-order valence-corrected chi connectivity index (χ3v) is 6.22. The van der Waals surface area contributed by atoms with Crippen molar-refractivity contribution in [3.8, 4) is 0 Å². The Bertz CT molecular complexity index is 704. The van der Waals surface area contributed by atoms with Crippen molar-refractivity contribution < 1.29 is 18.7 Å². The fourth-order valence-electron chi connectivity index (χ4n) is 4.76. The van der Waals surface area contributed by atoms with Crippen LogP contribution in [-0.2, 0) is 20.9 Å². The minimum atomic E-state index is -0.283. The van der Waals surface area contributed by atoms with Crippen molar-refractivity contribution >= 4 is 11.8 Å². The molecule has 5 nitrogen and oxygen atoms in total. The summed E-state index contributed by atoms with van der Waals surface area (Å²) in [5, 5.41) is 0. The van der Waals surface area contributed by atoms with Gasteiger partial charge < -0.3 is 14.5 Å². The van der Waals surface area contributed by atoms with E-state index in [4.69, 9.17) is 4.74 Å². The minimum Gasteiger partial charge on any atom is -0.381 e. The largest absolute Gasteiger partial charge is 0.381 e. The number of hydrogen-bond acceptors (Lipinski definition) is 3. The average Bonchev–Trinajstić information content (AvgIpc) is 3.04. The van der Waals surface area contributed by atoms with Crippen LogP contribution in [0.3, 0.4) is 0 Å². The highest BCUT2D eigenvalue weighted by Crippen LogP contribution is 2.33. The first-order valence-corrected chi connectivity index (χ1v) is 10.0. The first-order valence-electron chi connectivity index (χ1n) is 10.0. The Morgan fingerprint density at radius 2 is 2.00 bits per heavy atom. The highest BCUT2D eigenvalue weighted by molar-refractivity contribution is 5.80. The number of carbonyl (C=O) groups excluding carboxylic acids is 2. The number of likely N-dealkylation sites (tertiary alicyclic amines) is 2. The topological polar surface area (TPSA) is 49.9 Å². The van der Waals surface area contributed by atoms with Gasteiger partial charge in [0.15, 0.2) is 0 Å². The van der Waals surface area contributed by atoms with Crippen LogP contribution in [0.1, 0.15) is 37.7 Å². The van der Waals surface area contributed by atoms with E-state index in [-0.39, 0.29) is 29.6 Å². The van der Waals surface area contributed by atoms with Crippen molar-refractivity contribution in [3.63, 3.8) is 0 Å². The van der Waals surface area contributed by atoms with Gasteiger partial charge >= 0.3 is 0 Å². The van der Waals surface area contributed by atoms with Crippen LogP contribution < -0.4 is 0 Å². The average molecular weight is 374 g/mol. The lowest BCUT2D eigenvalue weighted by molar-refractivity contribution is -0.139. The van der Waals surface area contributed by atoms with E-state index < -0.39 is 0 Å². The molecule has 3 heterocycles. The molecular formula is C21H27FN2O3. The van der Waals surface area contributed by atoms with Crippen LogP contribution in [-0.4, -0.2) is 54.0 Å². The SMILES string of the molecule is O=C(C1CCOCC1)N1C[C@H]2CCCC(=O)N(Cc3cccc(F)c3)[C@H]2C1. The molecule has 3 saturated heterocycles. The summed E-state index contributed by atoms with van der Waals surface area (Å²) in [4.78, 5) is 29.5. The van der Waals surface area contributed by atoms with Crippen molar-refractivity contribution in [2.24, 2.45) is 11.8 Å². The van der Waals surface area contributed by atoms with Gasteiger partial charge in [0.05, 0.1) is 6.04 Å². The zero-order valence-corrected chi connectivity index (χ0v) is 15.6. The predicted octanol–water partition coefficient (Wildman–Crippen LogP) is 2.59. The van der Waals surface area contributed by atoms with Gasteiger partial charge in [-0.1, -0.05) is 12.1 Å². The smallest absolute Gasteiger partial charge is 0.225 e. The molecule has 0 aliphatic carbocycles. The van der Waals surface area contributed by atoms with Gasteiger partial charge in [-0.25, -0.2) is 4.39 Å².